The number of carbonyl (C=O) groups is 1. The largest absolute Gasteiger partial charge is 0.416 e. The SMILES string of the molecule is CC1NC(c2ccc(C(F)(F)F)cc2)N(C2CC2C)C1=O. The molecule has 6 heteroatoms. The molecule has 21 heavy (non-hydrogen) atoms. The summed E-state index contributed by atoms with van der Waals surface area (Å²) in [5.41, 5.74) is 0.0229. The molecule has 3 nitrogen and oxygen atoms in total. The van der Waals surface area contributed by atoms with Gasteiger partial charge >= 0.3 is 6.18 Å². The highest BCUT2D eigenvalue weighted by Gasteiger charge is 2.49. The van der Waals surface area contributed by atoms with E-state index in [1.165, 1.54) is 12.1 Å². The first-order valence-corrected chi connectivity index (χ1v) is 7.04. The quantitative estimate of drug-likeness (QED) is 0.910. The molecule has 2 fully saturated rings. The second kappa shape index (κ2) is 4.73. The molecule has 2 aliphatic rings. The van der Waals surface area contributed by atoms with Crippen LogP contribution in [0.5, 0.6) is 0 Å². The van der Waals surface area contributed by atoms with Crippen molar-refractivity contribution in [3.8, 4) is 0 Å². The number of hydrogen-bond donors (Lipinski definition) is 1. The molecule has 0 bridgehead atoms. The molecule has 0 aromatic heterocycles. The van der Waals surface area contributed by atoms with Crippen LogP contribution in [0.2, 0.25) is 0 Å². The lowest BCUT2D eigenvalue weighted by Crippen LogP contribution is -2.33. The molecule has 1 N–H and O–H groups in total. The fraction of sp³-hybridized carbons (Fsp3) is 0.533. The van der Waals surface area contributed by atoms with Crippen LogP contribution < -0.4 is 5.32 Å². The monoisotopic (exact) mass is 298 g/mol. The Morgan fingerprint density at radius 3 is 2.24 bits per heavy atom. The van der Waals surface area contributed by atoms with Crippen molar-refractivity contribution in [3.63, 3.8) is 0 Å². The standard InChI is InChI=1S/C15H17F3N2O/c1-8-7-12(8)20-13(19-9(2)14(20)21)10-3-5-11(6-4-10)15(16,17)18/h3-6,8-9,12-13,19H,7H2,1-2H3. The summed E-state index contributed by atoms with van der Waals surface area (Å²) in [6.45, 7) is 3.86. The summed E-state index contributed by atoms with van der Waals surface area (Å²) in [6, 6.07) is 4.93. The molecule has 0 radical (unpaired) electrons. The molecular formula is C15H17F3N2O. The van der Waals surface area contributed by atoms with Gasteiger partial charge in [0, 0.05) is 6.04 Å². The minimum absolute atomic E-state index is 0.0225. The van der Waals surface area contributed by atoms with Gasteiger partial charge in [0.2, 0.25) is 5.91 Å². The normalized spacial score (nSPS) is 32.6. The van der Waals surface area contributed by atoms with E-state index < -0.39 is 11.7 Å². The van der Waals surface area contributed by atoms with Crippen LogP contribution in [-0.2, 0) is 11.0 Å². The number of carbonyl (C=O) groups excluding carboxylic acids is 1. The molecular weight excluding hydrogens is 281 g/mol. The molecule has 1 aliphatic carbocycles. The summed E-state index contributed by atoms with van der Waals surface area (Å²) >= 11 is 0. The molecule has 1 heterocycles. The van der Waals surface area contributed by atoms with Crippen molar-refractivity contribution < 1.29 is 18.0 Å². The van der Waals surface area contributed by atoms with Crippen LogP contribution in [0.1, 0.15) is 37.6 Å². The second-order valence-corrected chi connectivity index (χ2v) is 5.94. The Morgan fingerprint density at radius 2 is 1.76 bits per heavy atom. The van der Waals surface area contributed by atoms with E-state index in [2.05, 4.69) is 12.2 Å². The zero-order chi connectivity index (χ0) is 15.4. The fourth-order valence-electron chi connectivity index (χ4n) is 2.90. The van der Waals surface area contributed by atoms with Gasteiger partial charge in [-0.15, -0.1) is 0 Å². The number of benzene rings is 1. The number of alkyl halides is 3. The molecule has 4 atom stereocenters. The van der Waals surface area contributed by atoms with Gasteiger partial charge in [-0.05, 0) is 37.0 Å². The Morgan fingerprint density at radius 1 is 1.19 bits per heavy atom. The molecule has 1 amide bonds. The molecule has 1 aliphatic heterocycles. The van der Waals surface area contributed by atoms with E-state index in [4.69, 9.17) is 0 Å². The first kappa shape index (κ1) is 14.4. The summed E-state index contributed by atoms with van der Waals surface area (Å²) < 4.78 is 37.8. The lowest BCUT2D eigenvalue weighted by molar-refractivity contribution is -0.137. The van der Waals surface area contributed by atoms with Gasteiger partial charge in [0.15, 0.2) is 0 Å². The predicted molar refractivity (Wildman–Crippen MR) is 71.2 cm³/mol. The van der Waals surface area contributed by atoms with Crippen LogP contribution >= 0.6 is 0 Å². The lowest BCUT2D eigenvalue weighted by Gasteiger charge is -2.25. The van der Waals surface area contributed by atoms with Gasteiger partial charge in [0.1, 0.15) is 6.17 Å². The topological polar surface area (TPSA) is 32.3 Å². The highest BCUT2D eigenvalue weighted by molar-refractivity contribution is 5.84. The highest BCUT2D eigenvalue weighted by atomic mass is 19.4. The van der Waals surface area contributed by atoms with Crippen molar-refractivity contribution in [1.82, 2.24) is 10.2 Å². The average Bonchev–Trinajstić information content (AvgIpc) is 3.05. The molecule has 4 unspecified atom stereocenters. The van der Waals surface area contributed by atoms with E-state index in [1.807, 2.05) is 0 Å². The molecule has 3 rings (SSSR count). The van der Waals surface area contributed by atoms with Crippen molar-refractivity contribution in [3.05, 3.63) is 35.4 Å². The van der Waals surface area contributed by atoms with Gasteiger partial charge < -0.3 is 4.90 Å². The zero-order valence-corrected chi connectivity index (χ0v) is 11.8. The summed E-state index contributed by atoms with van der Waals surface area (Å²) in [4.78, 5) is 14.0. The van der Waals surface area contributed by atoms with E-state index in [1.54, 1.807) is 11.8 Å². The minimum atomic E-state index is -4.34. The van der Waals surface area contributed by atoms with Crippen molar-refractivity contribution in [2.75, 3.05) is 0 Å². The Labute approximate surface area is 121 Å². The maximum atomic E-state index is 12.6. The van der Waals surface area contributed by atoms with Crippen LogP contribution in [0.4, 0.5) is 13.2 Å². The smallest absolute Gasteiger partial charge is 0.318 e. The van der Waals surface area contributed by atoms with E-state index in [0.29, 0.717) is 11.5 Å². The third-order valence-corrected chi connectivity index (χ3v) is 4.29. The fourth-order valence-corrected chi connectivity index (χ4v) is 2.90. The first-order chi connectivity index (χ1) is 9.79. The van der Waals surface area contributed by atoms with Gasteiger partial charge in [-0.1, -0.05) is 19.1 Å². The van der Waals surface area contributed by atoms with Crippen molar-refractivity contribution >= 4 is 5.91 Å². The van der Waals surface area contributed by atoms with Gasteiger partial charge in [0.25, 0.3) is 0 Å². The summed E-state index contributed by atoms with van der Waals surface area (Å²) in [7, 11) is 0. The minimum Gasteiger partial charge on any atom is -0.318 e. The molecule has 1 saturated carbocycles. The van der Waals surface area contributed by atoms with E-state index in [0.717, 1.165) is 18.6 Å². The zero-order valence-electron chi connectivity index (χ0n) is 11.8. The van der Waals surface area contributed by atoms with Crippen LogP contribution in [0.15, 0.2) is 24.3 Å². The number of hydrogen-bond acceptors (Lipinski definition) is 2. The third kappa shape index (κ3) is 2.52. The number of nitrogens with zero attached hydrogens (tertiary/aromatic N) is 1. The molecule has 1 aromatic rings. The summed E-state index contributed by atoms with van der Waals surface area (Å²) in [5.74, 6) is 0.479. The third-order valence-electron chi connectivity index (χ3n) is 4.29. The predicted octanol–water partition coefficient (Wildman–Crippen LogP) is 2.93. The Hall–Kier alpha value is -1.56. The number of nitrogens with one attached hydrogen (secondary N) is 1. The van der Waals surface area contributed by atoms with Crippen LogP contribution in [0.3, 0.4) is 0 Å². The molecule has 114 valence electrons. The van der Waals surface area contributed by atoms with Crippen LogP contribution in [-0.4, -0.2) is 22.9 Å². The Kier molecular flexibility index (Phi) is 3.24. The number of rotatable bonds is 2. The second-order valence-electron chi connectivity index (χ2n) is 5.94. The highest BCUT2D eigenvalue weighted by Crippen LogP contribution is 2.42. The maximum Gasteiger partial charge on any atom is 0.416 e. The summed E-state index contributed by atoms with van der Waals surface area (Å²) in [5, 5.41) is 3.17. The van der Waals surface area contributed by atoms with E-state index >= 15 is 0 Å². The number of amides is 1. The van der Waals surface area contributed by atoms with Crippen molar-refractivity contribution in [1.29, 1.82) is 0 Å². The van der Waals surface area contributed by atoms with Gasteiger partial charge in [0.05, 0.1) is 11.6 Å². The molecule has 1 saturated heterocycles. The molecule has 1 aromatic carbocycles. The average molecular weight is 298 g/mol. The van der Waals surface area contributed by atoms with Crippen molar-refractivity contribution in [2.24, 2.45) is 5.92 Å². The van der Waals surface area contributed by atoms with Gasteiger partial charge in [-0.2, -0.15) is 13.2 Å². The van der Waals surface area contributed by atoms with E-state index in [9.17, 15) is 18.0 Å². The van der Waals surface area contributed by atoms with Gasteiger partial charge in [-0.3, -0.25) is 10.1 Å². The first-order valence-electron chi connectivity index (χ1n) is 7.04. The summed E-state index contributed by atoms with van der Waals surface area (Å²) in [6.07, 6.45) is -3.71. The Balaban J connectivity index is 1.86. The Bertz CT molecular complexity index is 555. The maximum absolute atomic E-state index is 12.6. The number of halogens is 3. The van der Waals surface area contributed by atoms with Crippen LogP contribution in [0, 0.1) is 5.92 Å². The van der Waals surface area contributed by atoms with Crippen molar-refractivity contribution in [2.45, 2.75) is 44.7 Å². The van der Waals surface area contributed by atoms with E-state index in [-0.39, 0.29) is 24.2 Å². The van der Waals surface area contributed by atoms with Gasteiger partial charge in [-0.25, -0.2) is 0 Å². The van der Waals surface area contributed by atoms with Crippen LogP contribution in [0.25, 0.3) is 0 Å². The lowest BCUT2D eigenvalue weighted by atomic mass is 10.1. The molecule has 0 spiro atoms.